The SMILES string of the molecule is Fc1ccc(CNc2nccc(N3CCNC3)n2)cc1. The standard InChI is InChI=1S/C14H16FN5/c15-12-3-1-11(2-4-12)9-18-14-17-6-5-13(19-14)20-8-7-16-10-20/h1-6,16H,7-10H2,(H,17,18,19). The van der Waals surface area contributed by atoms with Gasteiger partial charge in [0.1, 0.15) is 11.6 Å². The van der Waals surface area contributed by atoms with Crippen LogP contribution in [0.4, 0.5) is 16.2 Å². The lowest BCUT2D eigenvalue weighted by molar-refractivity contribution is 0.627. The Balaban J connectivity index is 1.65. The van der Waals surface area contributed by atoms with Crippen molar-refractivity contribution < 1.29 is 4.39 Å². The van der Waals surface area contributed by atoms with Crippen LogP contribution in [0, 0.1) is 5.82 Å². The molecule has 3 rings (SSSR count). The van der Waals surface area contributed by atoms with Crippen molar-refractivity contribution in [1.29, 1.82) is 0 Å². The van der Waals surface area contributed by atoms with Gasteiger partial charge in [0.05, 0.1) is 6.67 Å². The summed E-state index contributed by atoms with van der Waals surface area (Å²) >= 11 is 0. The molecular weight excluding hydrogens is 257 g/mol. The van der Waals surface area contributed by atoms with Crippen LogP contribution in [0.3, 0.4) is 0 Å². The molecule has 1 fully saturated rings. The second-order valence-electron chi connectivity index (χ2n) is 4.64. The lowest BCUT2D eigenvalue weighted by Crippen LogP contribution is -2.22. The number of rotatable bonds is 4. The van der Waals surface area contributed by atoms with Crippen LogP contribution in [0.15, 0.2) is 36.5 Å². The van der Waals surface area contributed by atoms with Crippen molar-refractivity contribution in [3.8, 4) is 0 Å². The molecule has 0 bridgehead atoms. The maximum Gasteiger partial charge on any atom is 0.224 e. The van der Waals surface area contributed by atoms with Gasteiger partial charge in [0.25, 0.3) is 0 Å². The first-order valence-electron chi connectivity index (χ1n) is 6.58. The highest BCUT2D eigenvalue weighted by molar-refractivity contribution is 5.43. The number of aromatic nitrogens is 2. The van der Waals surface area contributed by atoms with Crippen LogP contribution in [-0.2, 0) is 6.54 Å². The number of nitrogens with one attached hydrogen (secondary N) is 2. The fraction of sp³-hybridized carbons (Fsp3) is 0.286. The third-order valence-corrected chi connectivity index (χ3v) is 3.19. The van der Waals surface area contributed by atoms with E-state index in [4.69, 9.17) is 0 Å². The van der Waals surface area contributed by atoms with E-state index in [9.17, 15) is 4.39 Å². The van der Waals surface area contributed by atoms with E-state index in [2.05, 4.69) is 25.5 Å². The second kappa shape index (κ2) is 5.83. The minimum Gasteiger partial charge on any atom is -0.350 e. The molecule has 2 aromatic rings. The Bertz CT molecular complexity index is 566. The maximum atomic E-state index is 12.8. The van der Waals surface area contributed by atoms with Gasteiger partial charge in [-0.2, -0.15) is 4.98 Å². The van der Waals surface area contributed by atoms with Crippen LogP contribution in [0.2, 0.25) is 0 Å². The Hall–Kier alpha value is -2.21. The molecule has 2 heterocycles. The Morgan fingerprint density at radius 2 is 2.10 bits per heavy atom. The average molecular weight is 273 g/mol. The van der Waals surface area contributed by atoms with E-state index in [1.807, 2.05) is 6.07 Å². The van der Waals surface area contributed by atoms with Gasteiger partial charge >= 0.3 is 0 Å². The van der Waals surface area contributed by atoms with Crippen molar-refractivity contribution >= 4 is 11.8 Å². The number of hydrogen-bond donors (Lipinski definition) is 2. The predicted octanol–water partition coefficient (Wildman–Crippen LogP) is 1.59. The molecule has 0 unspecified atom stereocenters. The first-order chi connectivity index (χ1) is 9.81. The number of anilines is 2. The van der Waals surface area contributed by atoms with E-state index in [-0.39, 0.29) is 5.82 Å². The molecule has 0 saturated carbocycles. The largest absolute Gasteiger partial charge is 0.350 e. The lowest BCUT2D eigenvalue weighted by atomic mass is 10.2. The van der Waals surface area contributed by atoms with Crippen molar-refractivity contribution in [2.24, 2.45) is 0 Å². The normalized spacial score (nSPS) is 14.6. The summed E-state index contributed by atoms with van der Waals surface area (Å²) < 4.78 is 12.8. The van der Waals surface area contributed by atoms with Crippen LogP contribution in [0.25, 0.3) is 0 Å². The Labute approximate surface area is 116 Å². The first-order valence-corrected chi connectivity index (χ1v) is 6.58. The van der Waals surface area contributed by atoms with Crippen LogP contribution in [0.1, 0.15) is 5.56 Å². The fourth-order valence-electron chi connectivity index (χ4n) is 2.10. The molecular formula is C14H16FN5. The van der Waals surface area contributed by atoms with Gasteiger partial charge in [-0.25, -0.2) is 9.37 Å². The van der Waals surface area contributed by atoms with E-state index < -0.39 is 0 Å². The van der Waals surface area contributed by atoms with Gasteiger partial charge in [0, 0.05) is 25.8 Å². The Kier molecular flexibility index (Phi) is 3.73. The highest BCUT2D eigenvalue weighted by Crippen LogP contribution is 2.13. The van der Waals surface area contributed by atoms with Gasteiger partial charge in [-0.15, -0.1) is 0 Å². The first kappa shape index (κ1) is 12.8. The molecule has 0 aliphatic carbocycles. The molecule has 1 aromatic carbocycles. The molecule has 0 amide bonds. The zero-order chi connectivity index (χ0) is 13.8. The minimum absolute atomic E-state index is 0.228. The average Bonchev–Trinajstić information content (AvgIpc) is 3.01. The Morgan fingerprint density at radius 1 is 1.25 bits per heavy atom. The lowest BCUT2D eigenvalue weighted by Gasteiger charge is -2.15. The summed E-state index contributed by atoms with van der Waals surface area (Å²) in [7, 11) is 0. The monoisotopic (exact) mass is 273 g/mol. The van der Waals surface area contributed by atoms with E-state index in [1.165, 1.54) is 12.1 Å². The van der Waals surface area contributed by atoms with Crippen molar-refractivity contribution in [2.45, 2.75) is 6.54 Å². The number of halogens is 1. The van der Waals surface area contributed by atoms with Crippen LogP contribution >= 0.6 is 0 Å². The topological polar surface area (TPSA) is 53.1 Å². The zero-order valence-corrected chi connectivity index (χ0v) is 11.0. The predicted molar refractivity (Wildman–Crippen MR) is 76.0 cm³/mol. The van der Waals surface area contributed by atoms with Crippen LogP contribution in [-0.4, -0.2) is 29.7 Å². The summed E-state index contributed by atoms with van der Waals surface area (Å²) in [6.07, 6.45) is 1.74. The molecule has 1 aliphatic heterocycles. The van der Waals surface area contributed by atoms with Gasteiger partial charge in [-0.3, -0.25) is 5.32 Å². The molecule has 0 spiro atoms. The van der Waals surface area contributed by atoms with E-state index >= 15 is 0 Å². The summed E-state index contributed by atoms with van der Waals surface area (Å²) in [5.41, 5.74) is 0.989. The van der Waals surface area contributed by atoms with Crippen LogP contribution in [0.5, 0.6) is 0 Å². The molecule has 6 heteroatoms. The van der Waals surface area contributed by atoms with Crippen molar-refractivity contribution in [3.63, 3.8) is 0 Å². The molecule has 0 atom stereocenters. The Morgan fingerprint density at radius 3 is 2.85 bits per heavy atom. The second-order valence-corrected chi connectivity index (χ2v) is 4.64. The molecule has 1 aromatic heterocycles. The summed E-state index contributed by atoms with van der Waals surface area (Å²) in [4.78, 5) is 10.8. The van der Waals surface area contributed by atoms with Gasteiger partial charge < -0.3 is 10.2 Å². The highest BCUT2D eigenvalue weighted by atomic mass is 19.1. The van der Waals surface area contributed by atoms with Crippen molar-refractivity contribution in [2.75, 3.05) is 30.0 Å². The van der Waals surface area contributed by atoms with E-state index in [1.54, 1.807) is 18.3 Å². The van der Waals surface area contributed by atoms with E-state index in [0.717, 1.165) is 31.1 Å². The quantitative estimate of drug-likeness (QED) is 0.886. The molecule has 1 saturated heterocycles. The summed E-state index contributed by atoms with van der Waals surface area (Å²) in [6, 6.07) is 8.29. The molecule has 5 nitrogen and oxygen atoms in total. The highest BCUT2D eigenvalue weighted by Gasteiger charge is 2.13. The van der Waals surface area contributed by atoms with Gasteiger partial charge in [-0.1, -0.05) is 12.1 Å². The minimum atomic E-state index is -0.228. The van der Waals surface area contributed by atoms with Crippen LogP contribution < -0.4 is 15.5 Å². The molecule has 0 radical (unpaired) electrons. The van der Waals surface area contributed by atoms with E-state index in [0.29, 0.717) is 12.5 Å². The van der Waals surface area contributed by atoms with Gasteiger partial charge in [0.15, 0.2) is 0 Å². The third-order valence-electron chi connectivity index (χ3n) is 3.19. The molecule has 104 valence electrons. The molecule has 2 N–H and O–H groups in total. The summed E-state index contributed by atoms with van der Waals surface area (Å²) in [6.45, 7) is 3.31. The van der Waals surface area contributed by atoms with Gasteiger partial charge in [-0.05, 0) is 23.8 Å². The molecule has 1 aliphatic rings. The smallest absolute Gasteiger partial charge is 0.224 e. The summed E-state index contributed by atoms with van der Waals surface area (Å²) in [5, 5.41) is 6.42. The number of benzene rings is 1. The number of nitrogens with zero attached hydrogens (tertiary/aromatic N) is 3. The van der Waals surface area contributed by atoms with Crippen molar-refractivity contribution in [3.05, 3.63) is 47.9 Å². The maximum absolute atomic E-state index is 12.8. The zero-order valence-electron chi connectivity index (χ0n) is 11.0. The summed E-state index contributed by atoms with van der Waals surface area (Å²) in [5.74, 6) is 1.26. The third kappa shape index (κ3) is 3.03. The van der Waals surface area contributed by atoms with Gasteiger partial charge in [0.2, 0.25) is 5.95 Å². The van der Waals surface area contributed by atoms with Crippen molar-refractivity contribution in [1.82, 2.24) is 15.3 Å². The fourth-order valence-corrected chi connectivity index (χ4v) is 2.10. The number of hydrogen-bond acceptors (Lipinski definition) is 5. The molecule has 20 heavy (non-hydrogen) atoms.